The highest BCUT2D eigenvalue weighted by atomic mass is 32.2. The predicted molar refractivity (Wildman–Crippen MR) is 124 cm³/mol. The smallest absolute Gasteiger partial charge is 0.352 e. The highest BCUT2D eigenvalue weighted by Gasteiger charge is 2.54. The van der Waals surface area contributed by atoms with Gasteiger partial charge in [0.15, 0.2) is 36.4 Å². The number of fused-ring (bicyclic) bond motifs is 1. The molecule has 4 N–H and O–H groups in total. The van der Waals surface area contributed by atoms with Crippen molar-refractivity contribution in [3.8, 4) is 12.3 Å². The van der Waals surface area contributed by atoms with E-state index in [0.29, 0.717) is 17.9 Å². The second-order valence-corrected chi connectivity index (χ2v) is 9.15. The summed E-state index contributed by atoms with van der Waals surface area (Å²) < 4.78 is 1.83. The number of aliphatic carboxylic acids is 1. The first-order chi connectivity index (χ1) is 16.4. The summed E-state index contributed by atoms with van der Waals surface area (Å²) in [6, 6.07) is 4.59. The van der Waals surface area contributed by atoms with Crippen molar-refractivity contribution in [2.75, 3.05) is 18.1 Å². The highest BCUT2D eigenvalue weighted by molar-refractivity contribution is 8.00. The van der Waals surface area contributed by atoms with Gasteiger partial charge < -0.3 is 21.0 Å². The number of hydrogen-bond donors (Lipinski definition) is 3. The number of terminal acetylenes is 1. The molecule has 1 unspecified atom stereocenters. The summed E-state index contributed by atoms with van der Waals surface area (Å²) in [4.78, 5) is 48.1. The molecule has 0 aliphatic carbocycles. The fraction of sp³-hybridized carbons (Fsp3) is 0.238. The Kier molecular flexibility index (Phi) is 6.80. The number of oxime groups is 1. The average Bonchev–Trinajstić information content (AvgIpc) is 3.26. The monoisotopic (exact) mass is 499 g/mol. The molecule has 2 atom stereocenters. The number of carbonyl (C=O) groups excluding carboxylic acids is 2. The minimum Gasteiger partial charge on any atom is -0.477 e. The number of anilines is 1. The molecule has 0 radical (unpaired) electrons. The van der Waals surface area contributed by atoms with Crippen LogP contribution in [0.25, 0.3) is 0 Å². The van der Waals surface area contributed by atoms with E-state index in [4.69, 9.17) is 17.0 Å². The summed E-state index contributed by atoms with van der Waals surface area (Å²) in [7, 11) is 0. The van der Waals surface area contributed by atoms with Crippen LogP contribution in [-0.4, -0.2) is 62.3 Å². The molecule has 174 valence electrons. The van der Waals surface area contributed by atoms with Crippen LogP contribution < -0.4 is 15.6 Å². The van der Waals surface area contributed by atoms with Crippen LogP contribution in [0.2, 0.25) is 0 Å². The summed E-state index contributed by atoms with van der Waals surface area (Å²) in [6.45, 7) is 0.164. The van der Waals surface area contributed by atoms with Crippen LogP contribution in [0.5, 0.6) is 0 Å². The van der Waals surface area contributed by atoms with E-state index in [2.05, 4.69) is 21.4 Å². The molecule has 34 heavy (non-hydrogen) atoms. The maximum atomic E-state index is 12.9. The predicted octanol–water partition coefficient (Wildman–Crippen LogP) is -0.194. The molecular weight excluding hydrogens is 480 g/mol. The second kappa shape index (κ2) is 9.94. The van der Waals surface area contributed by atoms with Crippen LogP contribution >= 0.6 is 23.1 Å². The molecule has 4 rings (SSSR count). The number of hydrogen-bond acceptors (Lipinski definition) is 9. The summed E-state index contributed by atoms with van der Waals surface area (Å²) in [5.74, 6) is 0.182. The van der Waals surface area contributed by atoms with E-state index < -0.39 is 29.2 Å². The third-order valence-corrected chi connectivity index (χ3v) is 6.98. The zero-order valence-electron chi connectivity index (χ0n) is 17.6. The fourth-order valence-corrected chi connectivity index (χ4v) is 5.39. The Bertz CT molecular complexity index is 1240. The topological polar surface area (TPSA) is 151 Å². The fourth-order valence-electron chi connectivity index (χ4n) is 3.51. The average molecular weight is 500 g/mol. The van der Waals surface area contributed by atoms with Crippen molar-refractivity contribution in [1.82, 2.24) is 15.2 Å². The minimum atomic E-state index is -1.20. The van der Waals surface area contributed by atoms with Gasteiger partial charge in [0.25, 0.3) is 11.8 Å². The van der Waals surface area contributed by atoms with E-state index in [9.17, 15) is 19.5 Å². The standard InChI is InChI=1S/C21H18N6O5S2/c1-2-8-32-25-14(13-11-34-21(22)23-13)17(28)24-15-18(29)27-16(20(30)31)12(10-33-19(15)27)9-26-6-4-3-5-7-26/h1,3-7,11,15,19H,8-10H2,(H3-,22,23,24,28,30,31)/p+1/t15?,19-/m1/s1. The second-order valence-electron chi connectivity index (χ2n) is 7.15. The number of amides is 2. The molecule has 1 saturated heterocycles. The molecular formula is C21H19N6O5S2+. The lowest BCUT2D eigenvalue weighted by molar-refractivity contribution is -0.689. The summed E-state index contributed by atoms with van der Waals surface area (Å²) in [5, 5.41) is 17.4. The van der Waals surface area contributed by atoms with Crippen LogP contribution in [0.15, 0.2) is 52.4 Å². The van der Waals surface area contributed by atoms with E-state index >= 15 is 0 Å². The largest absolute Gasteiger partial charge is 0.477 e. The molecule has 11 nitrogen and oxygen atoms in total. The number of nitrogens with two attached hydrogens (primary N) is 1. The molecule has 2 aliphatic heterocycles. The van der Waals surface area contributed by atoms with E-state index in [1.54, 1.807) is 0 Å². The number of nitrogen functional groups attached to an aromatic ring is 1. The van der Waals surface area contributed by atoms with Crippen molar-refractivity contribution < 1.29 is 28.9 Å². The zero-order valence-corrected chi connectivity index (χ0v) is 19.2. The number of nitrogens with zero attached hydrogens (tertiary/aromatic N) is 4. The van der Waals surface area contributed by atoms with Gasteiger partial charge in [-0.05, 0) is 0 Å². The molecule has 2 amide bonds. The molecule has 4 heterocycles. The molecule has 2 aromatic heterocycles. The van der Waals surface area contributed by atoms with Gasteiger partial charge in [0, 0.05) is 28.8 Å². The van der Waals surface area contributed by atoms with E-state index in [1.165, 1.54) is 22.0 Å². The maximum Gasteiger partial charge on any atom is 0.352 e. The molecule has 2 aliphatic rings. The van der Waals surface area contributed by atoms with Crippen molar-refractivity contribution in [3.05, 3.63) is 52.9 Å². The molecule has 1 fully saturated rings. The maximum absolute atomic E-state index is 12.9. The van der Waals surface area contributed by atoms with Crippen molar-refractivity contribution in [3.63, 3.8) is 0 Å². The number of thiazole rings is 1. The summed E-state index contributed by atoms with van der Waals surface area (Å²) in [5.41, 5.74) is 6.18. The van der Waals surface area contributed by atoms with Gasteiger partial charge in [-0.3, -0.25) is 14.5 Å². The van der Waals surface area contributed by atoms with E-state index in [1.807, 2.05) is 35.2 Å². The SMILES string of the molecule is C#CCON=C(C(=O)NC1C(=O)N2C(C(=O)O)=C(C[n+]3ccccc3)CS[C@H]12)c1csc(N)n1. The van der Waals surface area contributed by atoms with Crippen molar-refractivity contribution in [1.29, 1.82) is 0 Å². The Morgan fingerprint density at radius 2 is 2.18 bits per heavy atom. The van der Waals surface area contributed by atoms with Crippen LogP contribution in [0.1, 0.15) is 5.69 Å². The van der Waals surface area contributed by atoms with Crippen molar-refractivity contribution in [2.24, 2.45) is 5.16 Å². The molecule has 0 saturated carbocycles. The molecule has 2 aromatic rings. The first-order valence-corrected chi connectivity index (χ1v) is 11.8. The van der Waals surface area contributed by atoms with Gasteiger partial charge in [0.2, 0.25) is 0 Å². The Balaban J connectivity index is 1.53. The van der Waals surface area contributed by atoms with E-state index in [-0.39, 0.29) is 28.8 Å². The van der Waals surface area contributed by atoms with Gasteiger partial charge in [-0.2, -0.15) is 0 Å². The number of pyridine rings is 1. The van der Waals surface area contributed by atoms with Crippen molar-refractivity contribution >= 4 is 51.7 Å². The lowest BCUT2D eigenvalue weighted by atomic mass is 10.0. The van der Waals surface area contributed by atoms with Crippen LogP contribution in [-0.2, 0) is 25.8 Å². The highest BCUT2D eigenvalue weighted by Crippen LogP contribution is 2.40. The molecule has 0 spiro atoms. The Hall–Kier alpha value is -3.89. The third kappa shape index (κ3) is 4.59. The number of aromatic nitrogens is 2. The Morgan fingerprint density at radius 3 is 2.82 bits per heavy atom. The number of carboxylic acid groups (broad SMARTS) is 1. The van der Waals surface area contributed by atoms with Gasteiger partial charge in [-0.15, -0.1) is 29.5 Å². The van der Waals surface area contributed by atoms with Gasteiger partial charge in [-0.25, -0.2) is 14.3 Å². The normalized spacial score (nSPS) is 19.7. The lowest BCUT2D eigenvalue weighted by Crippen LogP contribution is -2.71. The lowest BCUT2D eigenvalue weighted by Gasteiger charge is -2.49. The minimum absolute atomic E-state index is 0.0610. The van der Waals surface area contributed by atoms with Gasteiger partial charge in [-0.1, -0.05) is 17.1 Å². The van der Waals surface area contributed by atoms with E-state index in [0.717, 1.165) is 11.3 Å². The summed E-state index contributed by atoms with van der Waals surface area (Å²) in [6.07, 6.45) is 8.78. The number of carboxylic acids is 1. The van der Waals surface area contributed by atoms with Crippen molar-refractivity contribution in [2.45, 2.75) is 18.0 Å². The number of thioether (sulfide) groups is 1. The van der Waals surface area contributed by atoms with Crippen LogP contribution in [0, 0.1) is 12.3 Å². The number of rotatable bonds is 8. The quantitative estimate of drug-likeness (QED) is 0.113. The number of β-lactam (4-membered cyclic amide) rings is 1. The molecule has 0 aromatic carbocycles. The molecule has 0 bridgehead atoms. The first kappa shape index (κ1) is 23.3. The van der Waals surface area contributed by atoms with Gasteiger partial charge >= 0.3 is 5.97 Å². The third-order valence-electron chi connectivity index (χ3n) is 4.97. The van der Waals surface area contributed by atoms with Crippen LogP contribution in [0.4, 0.5) is 5.13 Å². The Labute approximate surface area is 202 Å². The Morgan fingerprint density at radius 1 is 1.41 bits per heavy atom. The number of nitrogens with one attached hydrogen (secondary N) is 1. The number of carbonyl (C=O) groups is 3. The van der Waals surface area contributed by atoms with Gasteiger partial charge in [0.05, 0.1) is 0 Å². The van der Waals surface area contributed by atoms with Gasteiger partial charge in [0.1, 0.15) is 22.8 Å². The summed E-state index contributed by atoms with van der Waals surface area (Å²) >= 11 is 2.48. The zero-order chi connectivity index (χ0) is 24.2. The first-order valence-electron chi connectivity index (χ1n) is 9.90. The van der Waals surface area contributed by atoms with Crippen LogP contribution in [0.3, 0.4) is 0 Å². The molecule has 13 heteroatoms.